The van der Waals surface area contributed by atoms with Crippen LogP contribution in [0.5, 0.6) is 0 Å². The maximum atomic E-state index is 11.9. The van der Waals surface area contributed by atoms with E-state index in [2.05, 4.69) is 10.1 Å². The summed E-state index contributed by atoms with van der Waals surface area (Å²) in [4.78, 5) is 36.2. The minimum Gasteiger partial charge on any atom is -0.465 e. The number of nitrogens with zero attached hydrogens (tertiary/aromatic N) is 1. The number of hydrogen-bond acceptors (Lipinski definition) is 5. The van der Waals surface area contributed by atoms with Crippen molar-refractivity contribution in [2.45, 2.75) is 6.42 Å². The molecule has 1 heterocycles. The van der Waals surface area contributed by atoms with Crippen LogP contribution in [0.2, 0.25) is 0 Å². The van der Waals surface area contributed by atoms with E-state index in [0.717, 1.165) is 0 Å². The van der Waals surface area contributed by atoms with Crippen molar-refractivity contribution in [3.05, 3.63) is 29.8 Å². The Hall–Kier alpha value is -2.57. The molecule has 1 N–H and O–H groups in total. The summed E-state index contributed by atoms with van der Waals surface area (Å²) >= 11 is 0. The Balaban J connectivity index is 1.93. The standard InChI is InChI=1S/C14H16N2O5/c1-20-13(18)10-4-2-3-5-11(10)15-12(17)6-7-16-8-9-21-14(16)19/h2-5H,6-9H2,1H3,(H,15,17). The lowest BCUT2D eigenvalue weighted by Gasteiger charge is -2.13. The van der Waals surface area contributed by atoms with E-state index < -0.39 is 12.1 Å². The van der Waals surface area contributed by atoms with E-state index in [4.69, 9.17) is 4.74 Å². The van der Waals surface area contributed by atoms with Crippen LogP contribution in [0.15, 0.2) is 24.3 Å². The summed E-state index contributed by atoms with van der Waals surface area (Å²) in [6.07, 6.45) is -0.275. The summed E-state index contributed by atoms with van der Waals surface area (Å²) in [6.45, 7) is 1.13. The summed E-state index contributed by atoms with van der Waals surface area (Å²) in [6, 6.07) is 6.58. The Labute approximate surface area is 121 Å². The van der Waals surface area contributed by atoms with Crippen LogP contribution in [-0.2, 0) is 14.3 Å². The third-order valence-electron chi connectivity index (χ3n) is 3.06. The molecule has 0 aromatic heterocycles. The van der Waals surface area contributed by atoms with Gasteiger partial charge in [-0.15, -0.1) is 0 Å². The molecule has 0 radical (unpaired) electrons. The molecular weight excluding hydrogens is 276 g/mol. The van der Waals surface area contributed by atoms with E-state index in [9.17, 15) is 14.4 Å². The maximum Gasteiger partial charge on any atom is 0.409 e. The van der Waals surface area contributed by atoms with E-state index in [1.54, 1.807) is 24.3 Å². The predicted molar refractivity (Wildman–Crippen MR) is 73.9 cm³/mol. The number of benzene rings is 1. The molecule has 7 nitrogen and oxygen atoms in total. The van der Waals surface area contributed by atoms with Crippen molar-refractivity contribution in [1.82, 2.24) is 4.90 Å². The van der Waals surface area contributed by atoms with Gasteiger partial charge in [-0.3, -0.25) is 4.79 Å². The molecule has 1 aromatic rings. The Morgan fingerprint density at radius 2 is 2.14 bits per heavy atom. The monoisotopic (exact) mass is 292 g/mol. The van der Waals surface area contributed by atoms with Crippen LogP contribution in [0.25, 0.3) is 0 Å². The van der Waals surface area contributed by atoms with Crippen molar-refractivity contribution in [2.24, 2.45) is 0 Å². The third kappa shape index (κ3) is 3.71. The largest absolute Gasteiger partial charge is 0.465 e. The highest BCUT2D eigenvalue weighted by Crippen LogP contribution is 2.16. The van der Waals surface area contributed by atoms with Gasteiger partial charge in [0.15, 0.2) is 0 Å². The normalized spacial score (nSPS) is 13.8. The molecule has 112 valence electrons. The predicted octanol–water partition coefficient (Wildman–Crippen LogP) is 1.25. The quantitative estimate of drug-likeness (QED) is 0.826. The number of carbonyl (C=O) groups is 3. The molecule has 1 aromatic carbocycles. The Morgan fingerprint density at radius 1 is 1.38 bits per heavy atom. The molecule has 2 rings (SSSR count). The second kappa shape index (κ2) is 6.74. The molecule has 0 saturated carbocycles. The Bertz CT molecular complexity index is 558. The zero-order valence-electron chi connectivity index (χ0n) is 11.6. The van der Waals surface area contributed by atoms with Gasteiger partial charge < -0.3 is 19.7 Å². The van der Waals surface area contributed by atoms with Gasteiger partial charge in [0.2, 0.25) is 5.91 Å². The van der Waals surface area contributed by atoms with Gasteiger partial charge in [0.1, 0.15) is 6.61 Å². The van der Waals surface area contributed by atoms with Crippen LogP contribution in [0.1, 0.15) is 16.8 Å². The van der Waals surface area contributed by atoms with Crippen LogP contribution >= 0.6 is 0 Å². The van der Waals surface area contributed by atoms with Gasteiger partial charge in [-0.05, 0) is 12.1 Å². The summed E-state index contributed by atoms with van der Waals surface area (Å²) < 4.78 is 9.43. The Morgan fingerprint density at radius 3 is 2.81 bits per heavy atom. The summed E-state index contributed by atoms with van der Waals surface area (Å²) in [5.41, 5.74) is 0.673. The summed E-state index contributed by atoms with van der Waals surface area (Å²) in [5, 5.41) is 2.65. The first-order chi connectivity index (χ1) is 10.1. The molecule has 7 heteroatoms. The second-order valence-electron chi connectivity index (χ2n) is 4.44. The van der Waals surface area contributed by atoms with Gasteiger partial charge in [0.25, 0.3) is 0 Å². The lowest BCUT2D eigenvalue weighted by Crippen LogP contribution is -2.28. The molecule has 1 aliphatic rings. The highest BCUT2D eigenvalue weighted by molar-refractivity contribution is 6.01. The van der Waals surface area contributed by atoms with Crippen molar-refractivity contribution in [3.63, 3.8) is 0 Å². The number of para-hydroxylation sites is 1. The molecule has 0 aliphatic carbocycles. The number of nitrogens with one attached hydrogen (secondary N) is 1. The molecule has 1 saturated heterocycles. The molecule has 0 atom stereocenters. The van der Waals surface area contributed by atoms with E-state index in [1.807, 2.05) is 0 Å². The average molecular weight is 292 g/mol. The van der Waals surface area contributed by atoms with Gasteiger partial charge in [-0.2, -0.15) is 0 Å². The fraction of sp³-hybridized carbons (Fsp3) is 0.357. The Kier molecular flexibility index (Phi) is 4.76. The van der Waals surface area contributed by atoms with Crippen LogP contribution in [0, 0.1) is 0 Å². The number of rotatable bonds is 5. The molecule has 1 fully saturated rings. The van der Waals surface area contributed by atoms with E-state index >= 15 is 0 Å². The number of cyclic esters (lactones) is 1. The number of hydrogen-bond donors (Lipinski definition) is 1. The number of ether oxygens (including phenoxy) is 2. The lowest BCUT2D eigenvalue weighted by molar-refractivity contribution is -0.116. The van der Waals surface area contributed by atoms with Crippen molar-refractivity contribution in [1.29, 1.82) is 0 Å². The molecule has 0 spiro atoms. The van der Waals surface area contributed by atoms with Crippen LogP contribution in [0.4, 0.5) is 10.5 Å². The highest BCUT2D eigenvalue weighted by atomic mass is 16.6. The molecule has 2 amide bonds. The zero-order chi connectivity index (χ0) is 15.2. The maximum absolute atomic E-state index is 11.9. The van der Waals surface area contributed by atoms with E-state index in [0.29, 0.717) is 18.8 Å². The van der Waals surface area contributed by atoms with Gasteiger partial charge in [-0.25, -0.2) is 9.59 Å². The third-order valence-corrected chi connectivity index (χ3v) is 3.06. The van der Waals surface area contributed by atoms with Gasteiger partial charge in [0, 0.05) is 13.0 Å². The second-order valence-corrected chi connectivity index (χ2v) is 4.44. The van der Waals surface area contributed by atoms with Crippen LogP contribution in [-0.4, -0.2) is 49.7 Å². The first-order valence-corrected chi connectivity index (χ1v) is 6.50. The van der Waals surface area contributed by atoms with Crippen LogP contribution in [0.3, 0.4) is 0 Å². The molecule has 21 heavy (non-hydrogen) atoms. The number of methoxy groups -OCH3 is 1. The smallest absolute Gasteiger partial charge is 0.409 e. The SMILES string of the molecule is COC(=O)c1ccccc1NC(=O)CCN1CCOC1=O. The van der Waals surface area contributed by atoms with E-state index in [-0.39, 0.29) is 24.4 Å². The first kappa shape index (κ1) is 14.8. The van der Waals surface area contributed by atoms with Crippen LogP contribution < -0.4 is 5.32 Å². The lowest BCUT2D eigenvalue weighted by atomic mass is 10.1. The van der Waals surface area contributed by atoms with Gasteiger partial charge in [-0.1, -0.05) is 12.1 Å². The van der Waals surface area contributed by atoms with Crippen molar-refractivity contribution in [3.8, 4) is 0 Å². The van der Waals surface area contributed by atoms with Gasteiger partial charge in [0.05, 0.1) is 24.9 Å². The topological polar surface area (TPSA) is 84.9 Å². The minimum absolute atomic E-state index is 0.130. The number of esters is 1. The molecule has 0 bridgehead atoms. The number of carbonyl (C=O) groups excluding carboxylic acids is 3. The fourth-order valence-corrected chi connectivity index (χ4v) is 1.96. The number of anilines is 1. The minimum atomic E-state index is -0.519. The van der Waals surface area contributed by atoms with Crippen molar-refractivity contribution in [2.75, 3.05) is 32.1 Å². The fourth-order valence-electron chi connectivity index (χ4n) is 1.96. The van der Waals surface area contributed by atoms with E-state index in [1.165, 1.54) is 12.0 Å². The highest BCUT2D eigenvalue weighted by Gasteiger charge is 2.22. The molecular formula is C14H16N2O5. The average Bonchev–Trinajstić information content (AvgIpc) is 2.90. The number of amides is 2. The zero-order valence-corrected chi connectivity index (χ0v) is 11.6. The van der Waals surface area contributed by atoms with Crippen molar-refractivity contribution >= 4 is 23.7 Å². The first-order valence-electron chi connectivity index (χ1n) is 6.50. The molecule has 1 aliphatic heterocycles. The van der Waals surface area contributed by atoms with Gasteiger partial charge >= 0.3 is 12.1 Å². The van der Waals surface area contributed by atoms with Crippen molar-refractivity contribution < 1.29 is 23.9 Å². The summed E-state index contributed by atoms with van der Waals surface area (Å²) in [5.74, 6) is -0.805. The molecule has 0 unspecified atom stereocenters. The summed E-state index contributed by atoms with van der Waals surface area (Å²) in [7, 11) is 1.28.